The monoisotopic (exact) mass is 516 g/mol. The lowest BCUT2D eigenvalue weighted by molar-refractivity contribution is -0.141. The molecule has 0 spiro atoms. The van der Waals surface area contributed by atoms with Crippen LogP contribution in [0.5, 0.6) is 11.5 Å². The molecule has 0 bridgehead atoms. The minimum Gasteiger partial charge on any atom is -0.493 e. The van der Waals surface area contributed by atoms with E-state index in [0.717, 1.165) is 28.7 Å². The number of carbonyl (C=O) groups is 2. The fourth-order valence-electron chi connectivity index (χ4n) is 4.40. The highest BCUT2D eigenvalue weighted by molar-refractivity contribution is 5.88. The van der Waals surface area contributed by atoms with Crippen LogP contribution < -0.4 is 14.8 Å². The van der Waals surface area contributed by atoms with Crippen molar-refractivity contribution in [2.24, 2.45) is 0 Å². The Morgan fingerprint density at radius 2 is 1.58 bits per heavy atom. The fourth-order valence-corrected chi connectivity index (χ4v) is 4.40. The summed E-state index contributed by atoms with van der Waals surface area (Å²) in [6.07, 6.45) is 2.05. The second kappa shape index (κ2) is 14.2. The molecule has 3 aromatic carbocycles. The Balaban J connectivity index is 1.92. The molecule has 6 heteroatoms. The van der Waals surface area contributed by atoms with Gasteiger partial charge in [-0.05, 0) is 61.1 Å². The Morgan fingerprint density at radius 1 is 0.895 bits per heavy atom. The van der Waals surface area contributed by atoms with Gasteiger partial charge in [0.1, 0.15) is 6.04 Å². The number of aryl methyl sites for hydroxylation is 2. The zero-order chi connectivity index (χ0) is 27.5. The van der Waals surface area contributed by atoms with Gasteiger partial charge in [-0.1, -0.05) is 67.6 Å². The van der Waals surface area contributed by atoms with E-state index >= 15 is 0 Å². The summed E-state index contributed by atoms with van der Waals surface area (Å²) in [5, 5.41) is 3.12. The number of ether oxygens (including phenoxy) is 2. The summed E-state index contributed by atoms with van der Waals surface area (Å²) >= 11 is 0. The van der Waals surface area contributed by atoms with E-state index in [9.17, 15) is 9.59 Å². The normalized spacial score (nSPS) is 12.3. The standard InChI is InChI=1S/C32H40N2O4/c1-6-24(3)33-32(36)28(20-25-13-8-7-9-14-25)34(22-27-15-11-10-12-23(27)2)31(35)19-17-26-16-18-29(37-4)30(21-26)38-5/h7-16,18,21,24,28H,6,17,19-20,22H2,1-5H3,(H,33,36)/t24-,28-/m0/s1. The highest BCUT2D eigenvalue weighted by Crippen LogP contribution is 2.28. The van der Waals surface area contributed by atoms with Crippen LogP contribution in [0.25, 0.3) is 0 Å². The predicted molar refractivity (Wildman–Crippen MR) is 151 cm³/mol. The maximum absolute atomic E-state index is 13.9. The van der Waals surface area contributed by atoms with E-state index in [0.29, 0.717) is 30.9 Å². The van der Waals surface area contributed by atoms with Gasteiger partial charge in [0, 0.05) is 25.4 Å². The third kappa shape index (κ3) is 7.85. The molecule has 202 valence electrons. The quantitative estimate of drug-likeness (QED) is 0.326. The summed E-state index contributed by atoms with van der Waals surface area (Å²) in [5.41, 5.74) is 4.10. The summed E-state index contributed by atoms with van der Waals surface area (Å²) in [7, 11) is 3.20. The van der Waals surface area contributed by atoms with Crippen molar-refractivity contribution < 1.29 is 19.1 Å². The van der Waals surface area contributed by atoms with Crippen LogP contribution in [0.3, 0.4) is 0 Å². The fraction of sp³-hybridized carbons (Fsp3) is 0.375. The average Bonchev–Trinajstić information content (AvgIpc) is 2.94. The number of carbonyl (C=O) groups excluding carboxylic acids is 2. The summed E-state index contributed by atoms with van der Waals surface area (Å²) in [4.78, 5) is 29.3. The number of nitrogens with zero attached hydrogens (tertiary/aromatic N) is 1. The SMILES string of the molecule is CC[C@H](C)NC(=O)[C@H](Cc1ccccc1)N(Cc1ccccc1C)C(=O)CCc1ccc(OC)c(OC)c1. The third-order valence-electron chi connectivity index (χ3n) is 6.95. The molecular weight excluding hydrogens is 476 g/mol. The van der Waals surface area contributed by atoms with Crippen molar-refractivity contribution in [3.63, 3.8) is 0 Å². The molecule has 0 radical (unpaired) electrons. The lowest BCUT2D eigenvalue weighted by Crippen LogP contribution is -2.52. The molecule has 0 heterocycles. The zero-order valence-corrected chi connectivity index (χ0v) is 23.2. The Kier molecular flexibility index (Phi) is 10.8. The van der Waals surface area contributed by atoms with Crippen molar-refractivity contribution in [1.29, 1.82) is 0 Å². The van der Waals surface area contributed by atoms with Gasteiger partial charge in [-0.25, -0.2) is 0 Å². The largest absolute Gasteiger partial charge is 0.493 e. The molecule has 6 nitrogen and oxygen atoms in total. The molecule has 3 rings (SSSR count). The van der Waals surface area contributed by atoms with Crippen LogP contribution in [0.15, 0.2) is 72.8 Å². The second-order valence-electron chi connectivity index (χ2n) is 9.66. The smallest absolute Gasteiger partial charge is 0.243 e. The first kappa shape index (κ1) is 28.8. The van der Waals surface area contributed by atoms with E-state index in [2.05, 4.69) is 5.32 Å². The van der Waals surface area contributed by atoms with Gasteiger partial charge in [-0.3, -0.25) is 9.59 Å². The highest BCUT2D eigenvalue weighted by Gasteiger charge is 2.31. The molecule has 3 aromatic rings. The molecule has 2 amide bonds. The minimum absolute atomic E-state index is 0.0166. The van der Waals surface area contributed by atoms with Crippen molar-refractivity contribution in [2.45, 2.75) is 65.1 Å². The highest BCUT2D eigenvalue weighted by atomic mass is 16.5. The topological polar surface area (TPSA) is 67.9 Å². The van der Waals surface area contributed by atoms with Crippen LogP contribution in [0.1, 0.15) is 48.9 Å². The Bertz CT molecular complexity index is 1200. The van der Waals surface area contributed by atoms with Crippen LogP contribution in [0.2, 0.25) is 0 Å². The molecule has 0 aliphatic carbocycles. The van der Waals surface area contributed by atoms with Crippen LogP contribution in [0.4, 0.5) is 0 Å². The molecule has 0 aromatic heterocycles. The molecule has 0 unspecified atom stereocenters. The van der Waals surface area contributed by atoms with E-state index in [1.807, 2.05) is 93.6 Å². The lowest BCUT2D eigenvalue weighted by Gasteiger charge is -2.33. The minimum atomic E-state index is -0.635. The molecule has 2 atom stereocenters. The molecule has 0 saturated carbocycles. The van der Waals surface area contributed by atoms with Crippen molar-refractivity contribution in [1.82, 2.24) is 10.2 Å². The van der Waals surface area contributed by atoms with Crippen molar-refractivity contribution in [3.8, 4) is 11.5 Å². The number of methoxy groups -OCH3 is 2. The molecule has 0 aliphatic heterocycles. The molecule has 1 N–H and O–H groups in total. The predicted octanol–water partition coefficient (Wildman–Crippen LogP) is 5.50. The molecule has 0 saturated heterocycles. The van der Waals surface area contributed by atoms with Crippen molar-refractivity contribution in [3.05, 3.63) is 95.1 Å². The number of amides is 2. The summed E-state index contributed by atoms with van der Waals surface area (Å²) in [6.45, 7) is 6.43. The Morgan fingerprint density at radius 3 is 2.24 bits per heavy atom. The summed E-state index contributed by atoms with van der Waals surface area (Å²) in [5.74, 6) is 1.08. The number of nitrogens with one attached hydrogen (secondary N) is 1. The van der Waals surface area contributed by atoms with E-state index in [1.165, 1.54) is 0 Å². The molecule has 0 aliphatic rings. The number of benzene rings is 3. The molecule has 38 heavy (non-hydrogen) atoms. The van der Waals surface area contributed by atoms with Crippen molar-refractivity contribution >= 4 is 11.8 Å². The van der Waals surface area contributed by atoms with E-state index in [4.69, 9.17) is 9.47 Å². The van der Waals surface area contributed by atoms with Gasteiger partial charge in [0.25, 0.3) is 0 Å². The van der Waals surface area contributed by atoms with Gasteiger partial charge >= 0.3 is 0 Å². The first-order chi connectivity index (χ1) is 18.4. The lowest BCUT2D eigenvalue weighted by atomic mass is 10.00. The summed E-state index contributed by atoms with van der Waals surface area (Å²) < 4.78 is 10.8. The van der Waals surface area contributed by atoms with Crippen LogP contribution >= 0.6 is 0 Å². The molecular formula is C32H40N2O4. The second-order valence-corrected chi connectivity index (χ2v) is 9.66. The Hall–Kier alpha value is -3.80. The maximum Gasteiger partial charge on any atom is 0.243 e. The van der Waals surface area contributed by atoms with Gasteiger partial charge in [0.2, 0.25) is 11.8 Å². The third-order valence-corrected chi connectivity index (χ3v) is 6.95. The van der Waals surface area contributed by atoms with Crippen LogP contribution in [0, 0.1) is 6.92 Å². The first-order valence-electron chi connectivity index (χ1n) is 13.2. The van der Waals surface area contributed by atoms with E-state index in [1.54, 1.807) is 19.1 Å². The van der Waals surface area contributed by atoms with Gasteiger partial charge < -0.3 is 19.7 Å². The summed E-state index contributed by atoms with van der Waals surface area (Å²) in [6, 6.07) is 23.0. The van der Waals surface area contributed by atoms with Gasteiger partial charge in [-0.2, -0.15) is 0 Å². The van der Waals surface area contributed by atoms with Gasteiger partial charge in [0.15, 0.2) is 11.5 Å². The maximum atomic E-state index is 13.9. The first-order valence-corrected chi connectivity index (χ1v) is 13.2. The zero-order valence-electron chi connectivity index (χ0n) is 23.2. The number of rotatable bonds is 13. The van der Waals surface area contributed by atoms with Gasteiger partial charge in [-0.15, -0.1) is 0 Å². The van der Waals surface area contributed by atoms with Crippen LogP contribution in [-0.4, -0.2) is 43.0 Å². The van der Waals surface area contributed by atoms with Crippen LogP contribution in [-0.2, 0) is 29.0 Å². The van der Waals surface area contributed by atoms with Crippen molar-refractivity contribution in [2.75, 3.05) is 14.2 Å². The Labute approximate surface area is 227 Å². The van der Waals surface area contributed by atoms with Gasteiger partial charge in [0.05, 0.1) is 14.2 Å². The number of hydrogen-bond acceptors (Lipinski definition) is 4. The van der Waals surface area contributed by atoms with E-state index in [-0.39, 0.29) is 24.3 Å². The van der Waals surface area contributed by atoms with E-state index < -0.39 is 6.04 Å². The number of hydrogen-bond donors (Lipinski definition) is 1. The molecule has 0 fully saturated rings. The average molecular weight is 517 g/mol.